The summed E-state index contributed by atoms with van der Waals surface area (Å²) < 4.78 is 2.03. The molecule has 2 heterocycles. The number of rotatable bonds is 11. The highest BCUT2D eigenvalue weighted by Crippen LogP contribution is 2.22. The van der Waals surface area contributed by atoms with Crippen molar-refractivity contribution < 1.29 is 9.90 Å². The lowest BCUT2D eigenvalue weighted by Crippen LogP contribution is -2.07. The first-order chi connectivity index (χ1) is 15.0. The van der Waals surface area contributed by atoms with Crippen molar-refractivity contribution in [3.63, 3.8) is 0 Å². The lowest BCUT2D eigenvalue weighted by Gasteiger charge is -2.08. The minimum Gasteiger partial charge on any atom is -0.478 e. The van der Waals surface area contributed by atoms with E-state index in [1.807, 2.05) is 28.9 Å². The Bertz CT molecular complexity index is 993. The molecule has 0 unspecified atom stereocenters. The second kappa shape index (κ2) is 10.8. The summed E-state index contributed by atoms with van der Waals surface area (Å²) in [4.78, 5) is 20.6. The van der Waals surface area contributed by atoms with Crippen molar-refractivity contribution in [2.24, 2.45) is 5.92 Å². The zero-order valence-corrected chi connectivity index (χ0v) is 18.7. The van der Waals surface area contributed by atoms with Crippen LogP contribution >= 0.6 is 0 Å². The third-order valence-electron chi connectivity index (χ3n) is 5.34. The fraction of sp³-hybridized carbons (Fsp3) is 0.440. The smallest absolute Gasteiger partial charge is 0.337 e. The molecule has 0 aliphatic rings. The molecule has 0 bridgehead atoms. The molecule has 0 aliphatic carbocycles. The van der Waals surface area contributed by atoms with E-state index in [4.69, 9.17) is 10.1 Å². The first kappa shape index (κ1) is 22.7. The molecule has 1 N–H and O–H groups in total. The van der Waals surface area contributed by atoms with Crippen LogP contribution in [0.3, 0.4) is 0 Å². The van der Waals surface area contributed by atoms with Crippen molar-refractivity contribution in [2.75, 3.05) is 0 Å². The van der Waals surface area contributed by atoms with Crippen LogP contribution in [0, 0.1) is 5.92 Å². The molecule has 0 atom stereocenters. The normalized spacial score (nSPS) is 11.2. The van der Waals surface area contributed by atoms with Gasteiger partial charge in [-0.05, 0) is 36.5 Å². The van der Waals surface area contributed by atoms with Crippen molar-refractivity contribution in [3.8, 4) is 11.3 Å². The highest BCUT2D eigenvalue weighted by Gasteiger charge is 2.14. The number of carboxylic acid groups (broad SMARTS) is 1. The van der Waals surface area contributed by atoms with Gasteiger partial charge in [0.2, 0.25) is 0 Å². The van der Waals surface area contributed by atoms with E-state index in [1.54, 1.807) is 18.3 Å². The van der Waals surface area contributed by atoms with E-state index in [2.05, 4.69) is 25.8 Å². The molecule has 0 spiro atoms. The molecule has 2 aromatic heterocycles. The number of aryl methyl sites for hydroxylation is 2. The minimum atomic E-state index is -0.972. The van der Waals surface area contributed by atoms with Gasteiger partial charge in [0.1, 0.15) is 5.82 Å². The summed E-state index contributed by atoms with van der Waals surface area (Å²) in [5.41, 5.74) is 2.59. The number of unbranched alkanes of at least 4 members (excludes halogenated alkanes) is 2. The van der Waals surface area contributed by atoms with Crippen LogP contribution in [0.5, 0.6) is 0 Å². The lowest BCUT2D eigenvalue weighted by atomic mass is 10.0. The zero-order chi connectivity index (χ0) is 22.2. The van der Waals surface area contributed by atoms with Gasteiger partial charge in [-0.25, -0.2) is 14.5 Å². The molecule has 164 valence electrons. The Morgan fingerprint density at radius 2 is 1.87 bits per heavy atom. The summed E-state index contributed by atoms with van der Waals surface area (Å²) >= 11 is 0. The van der Waals surface area contributed by atoms with Gasteiger partial charge in [-0.15, -0.1) is 0 Å². The summed E-state index contributed by atoms with van der Waals surface area (Å²) in [6.45, 7) is 7.30. The van der Waals surface area contributed by atoms with Crippen LogP contribution in [0.2, 0.25) is 0 Å². The fourth-order valence-electron chi connectivity index (χ4n) is 3.54. The van der Waals surface area contributed by atoms with Gasteiger partial charge in [-0.1, -0.05) is 57.9 Å². The van der Waals surface area contributed by atoms with Crippen LogP contribution < -0.4 is 0 Å². The van der Waals surface area contributed by atoms with Gasteiger partial charge in [-0.2, -0.15) is 5.10 Å². The molecule has 0 amide bonds. The van der Waals surface area contributed by atoms with Gasteiger partial charge in [0, 0.05) is 24.6 Å². The Morgan fingerprint density at radius 1 is 1.10 bits per heavy atom. The highest BCUT2D eigenvalue weighted by atomic mass is 16.4. The second-order valence-corrected chi connectivity index (χ2v) is 8.39. The van der Waals surface area contributed by atoms with E-state index in [0.717, 1.165) is 48.5 Å². The largest absolute Gasteiger partial charge is 0.478 e. The van der Waals surface area contributed by atoms with Crippen LogP contribution in [-0.2, 0) is 19.4 Å². The molecule has 3 rings (SSSR count). The number of hydrogen-bond donors (Lipinski definition) is 1. The van der Waals surface area contributed by atoms with Gasteiger partial charge in [0.05, 0.1) is 17.8 Å². The number of aromatic carboxylic acids is 1. The summed E-state index contributed by atoms with van der Waals surface area (Å²) in [6.07, 6.45) is 8.05. The SMILES string of the molecule is CCCCCc1nc(CCC(C)C)nn1Cc1ccc(-c2ncccc2C(=O)O)cc1. The zero-order valence-electron chi connectivity index (χ0n) is 18.7. The molecule has 1 aromatic carbocycles. The van der Waals surface area contributed by atoms with Crippen molar-refractivity contribution in [1.29, 1.82) is 0 Å². The summed E-state index contributed by atoms with van der Waals surface area (Å²) in [7, 11) is 0. The van der Waals surface area contributed by atoms with Crippen molar-refractivity contribution in [1.82, 2.24) is 19.7 Å². The molecule has 0 saturated heterocycles. The van der Waals surface area contributed by atoms with Crippen LogP contribution in [-0.4, -0.2) is 30.8 Å². The molecule has 31 heavy (non-hydrogen) atoms. The van der Waals surface area contributed by atoms with Gasteiger partial charge < -0.3 is 5.11 Å². The molecule has 6 heteroatoms. The second-order valence-electron chi connectivity index (χ2n) is 8.39. The topological polar surface area (TPSA) is 80.9 Å². The molecule has 0 radical (unpaired) electrons. The van der Waals surface area contributed by atoms with Gasteiger partial charge in [0.15, 0.2) is 5.82 Å². The van der Waals surface area contributed by atoms with Crippen LogP contribution in [0.1, 0.15) is 74.0 Å². The average Bonchev–Trinajstić information content (AvgIpc) is 3.14. The molecule has 3 aromatic rings. The van der Waals surface area contributed by atoms with Crippen molar-refractivity contribution >= 4 is 5.97 Å². The Labute approximate surface area is 184 Å². The van der Waals surface area contributed by atoms with Crippen LogP contribution in [0.4, 0.5) is 0 Å². The lowest BCUT2D eigenvalue weighted by molar-refractivity contribution is 0.0697. The number of aromatic nitrogens is 4. The monoisotopic (exact) mass is 420 g/mol. The summed E-state index contributed by atoms with van der Waals surface area (Å²) in [5, 5.41) is 14.2. The third-order valence-corrected chi connectivity index (χ3v) is 5.34. The molecule has 6 nitrogen and oxygen atoms in total. The van der Waals surface area contributed by atoms with Gasteiger partial charge in [0.25, 0.3) is 0 Å². The van der Waals surface area contributed by atoms with Crippen molar-refractivity contribution in [2.45, 2.75) is 65.8 Å². The number of carbonyl (C=O) groups is 1. The molecule has 0 aliphatic heterocycles. The van der Waals surface area contributed by atoms with E-state index in [0.29, 0.717) is 18.2 Å². The molecule has 0 saturated carbocycles. The Kier molecular flexibility index (Phi) is 7.93. The Hall–Kier alpha value is -3.02. The molecule has 0 fully saturated rings. The first-order valence-electron chi connectivity index (χ1n) is 11.2. The standard InChI is InChI=1S/C25H32N4O2/c1-4-5-6-9-23-27-22(15-10-18(2)3)28-29(23)17-19-11-13-20(14-12-19)24-21(25(30)31)8-7-16-26-24/h7-8,11-14,16,18H,4-6,9-10,15,17H2,1-3H3,(H,30,31). The third kappa shape index (κ3) is 6.23. The number of nitrogens with zero attached hydrogens (tertiary/aromatic N) is 4. The van der Waals surface area contributed by atoms with Gasteiger partial charge in [-0.3, -0.25) is 4.98 Å². The average molecular weight is 421 g/mol. The minimum absolute atomic E-state index is 0.208. The predicted octanol–water partition coefficient (Wildman–Crippen LogP) is 5.41. The van der Waals surface area contributed by atoms with Gasteiger partial charge >= 0.3 is 5.97 Å². The molecular weight excluding hydrogens is 388 g/mol. The number of benzene rings is 1. The van der Waals surface area contributed by atoms with E-state index >= 15 is 0 Å². The quantitative estimate of drug-likeness (QED) is 0.420. The predicted molar refractivity (Wildman–Crippen MR) is 122 cm³/mol. The fourth-order valence-corrected chi connectivity index (χ4v) is 3.54. The Morgan fingerprint density at radius 3 is 2.55 bits per heavy atom. The number of carboxylic acids is 1. The number of pyridine rings is 1. The highest BCUT2D eigenvalue weighted by molar-refractivity contribution is 5.94. The van der Waals surface area contributed by atoms with Crippen LogP contribution in [0.25, 0.3) is 11.3 Å². The van der Waals surface area contributed by atoms with Crippen molar-refractivity contribution in [3.05, 3.63) is 65.4 Å². The maximum absolute atomic E-state index is 11.5. The molecular formula is C25H32N4O2. The maximum atomic E-state index is 11.5. The van der Waals surface area contributed by atoms with E-state index in [1.165, 1.54) is 12.8 Å². The van der Waals surface area contributed by atoms with E-state index in [9.17, 15) is 9.90 Å². The first-order valence-corrected chi connectivity index (χ1v) is 11.2. The van der Waals surface area contributed by atoms with E-state index < -0.39 is 5.97 Å². The maximum Gasteiger partial charge on any atom is 0.337 e. The van der Waals surface area contributed by atoms with E-state index in [-0.39, 0.29) is 5.56 Å². The number of hydrogen-bond acceptors (Lipinski definition) is 4. The Balaban J connectivity index is 1.79. The summed E-state index contributed by atoms with van der Waals surface area (Å²) in [6, 6.07) is 11.1. The van der Waals surface area contributed by atoms with Crippen LogP contribution in [0.15, 0.2) is 42.6 Å². The summed E-state index contributed by atoms with van der Waals surface area (Å²) in [5.74, 6) is 1.64.